The van der Waals surface area contributed by atoms with Crippen molar-refractivity contribution < 1.29 is 19.0 Å². The fraction of sp³-hybridized carbons (Fsp3) is 0.385. The van der Waals surface area contributed by atoms with Crippen molar-refractivity contribution in [3.8, 4) is 16.9 Å². The monoisotopic (exact) mass is 419 g/mol. The lowest BCUT2D eigenvalue weighted by atomic mass is 9.86. The number of carbonyl (C=O) groups excluding carboxylic acids is 1. The Balaban J connectivity index is 2.03. The van der Waals surface area contributed by atoms with Crippen LogP contribution in [0.4, 0.5) is 0 Å². The average molecular weight is 420 g/mol. The molecule has 0 fully saturated rings. The summed E-state index contributed by atoms with van der Waals surface area (Å²) >= 11 is 0. The quantitative estimate of drug-likeness (QED) is 0.524. The van der Waals surface area contributed by atoms with E-state index in [4.69, 9.17) is 19.2 Å². The highest BCUT2D eigenvalue weighted by Crippen LogP contribution is 2.43. The molecule has 162 valence electrons. The summed E-state index contributed by atoms with van der Waals surface area (Å²) in [6.07, 6.45) is 1.86. The van der Waals surface area contributed by atoms with E-state index in [-0.39, 0.29) is 0 Å². The van der Waals surface area contributed by atoms with E-state index in [9.17, 15) is 4.79 Å². The Morgan fingerprint density at radius 3 is 2.55 bits per heavy atom. The maximum Gasteiger partial charge on any atom is 0.339 e. The van der Waals surface area contributed by atoms with Gasteiger partial charge < -0.3 is 14.2 Å². The predicted octanol–water partition coefficient (Wildman–Crippen LogP) is 5.48. The molecule has 3 aromatic rings. The second-order valence-electron chi connectivity index (χ2n) is 9.02. The van der Waals surface area contributed by atoms with Gasteiger partial charge in [-0.25, -0.2) is 4.79 Å². The Kier molecular flexibility index (Phi) is 5.48. The molecule has 1 unspecified atom stereocenters. The van der Waals surface area contributed by atoms with E-state index in [1.165, 1.54) is 12.7 Å². The minimum atomic E-state index is -0.845. The lowest BCUT2D eigenvalue weighted by Gasteiger charge is -2.29. The first-order chi connectivity index (χ1) is 14.7. The van der Waals surface area contributed by atoms with Gasteiger partial charge >= 0.3 is 5.97 Å². The van der Waals surface area contributed by atoms with Crippen molar-refractivity contribution >= 4 is 16.9 Å². The minimum absolute atomic E-state index is 0.413. The van der Waals surface area contributed by atoms with E-state index in [1.807, 2.05) is 52.1 Å². The normalized spacial score (nSPS) is 14.3. The van der Waals surface area contributed by atoms with Crippen molar-refractivity contribution in [2.45, 2.75) is 52.7 Å². The first-order valence-corrected chi connectivity index (χ1v) is 10.6. The number of hydrogen-bond donors (Lipinski definition) is 0. The lowest BCUT2D eigenvalue weighted by molar-refractivity contribution is -0.164. The van der Waals surface area contributed by atoms with Gasteiger partial charge in [0.2, 0.25) is 0 Å². The van der Waals surface area contributed by atoms with Crippen LogP contribution in [0.15, 0.2) is 36.5 Å². The zero-order valence-corrected chi connectivity index (χ0v) is 19.0. The summed E-state index contributed by atoms with van der Waals surface area (Å²) in [7, 11) is 1.40. The molecule has 0 bridgehead atoms. The number of methoxy groups -OCH3 is 1. The minimum Gasteiger partial charge on any atom is -0.493 e. The molecule has 1 aromatic heterocycles. The molecular formula is C26H29NO4. The Morgan fingerprint density at radius 1 is 1.10 bits per heavy atom. The summed E-state index contributed by atoms with van der Waals surface area (Å²) in [5, 5.41) is 1.05. The van der Waals surface area contributed by atoms with Crippen LogP contribution >= 0.6 is 0 Å². The van der Waals surface area contributed by atoms with Gasteiger partial charge in [0.05, 0.1) is 24.8 Å². The van der Waals surface area contributed by atoms with Crippen LogP contribution in [0.5, 0.6) is 5.75 Å². The number of rotatable bonds is 4. The van der Waals surface area contributed by atoms with E-state index >= 15 is 0 Å². The van der Waals surface area contributed by atoms with Crippen LogP contribution < -0.4 is 4.74 Å². The summed E-state index contributed by atoms with van der Waals surface area (Å²) in [6.45, 7) is 10.5. The number of ether oxygens (including phenoxy) is 3. The molecule has 31 heavy (non-hydrogen) atoms. The number of pyridine rings is 1. The van der Waals surface area contributed by atoms with E-state index in [0.29, 0.717) is 6.61 Å². The molecule has 4 rings (SSSR count). The first kappa shape index (κ1) is 21.3. The third kappa shape index (κ3) is 3.90. The molecular weight excluding hydrogens is 390 g/mol. The van der Waals surface area contributed by atoms with E-state index in [0.717, 1.165) is 50.9 Å². The van der Waals surface area contributed by atoms with Crippen LogP contribution in [0.2, 0.25) is 0 Å². The fourth-order valence-corrected chi connectivity index (χ4v) is 4.32. The summed E-state index contributed by atoms with van der Waals surface area (Å²) in [5.41, 5.74) is 6.34. The molecule has 0 radical (unpaired) electrons. The van der Waals surface area contributed by atoms with Gasteiger partial charge in [-0.2, -0.15) is 0 Å². The standard InChI is InChI=1S/C26H29NO4/c1-15-7-8-16(2)21(24(25(28)29-6)31-26(3,4)5)20(15)18-9-10-19-22-17(12-14-30-19)11-13-27-23(18)22/h7-11,13,24H,12,14H2,1-6H3. The van der Waals surface area contributed by atoms with Gasteiger partial charge in [-0.3, -0.25) is 4.98 Å². The van der Waals surface area contributed by atoms with Crippen molar-refractivity contribution in [3.63, 3.8) is 0 Å². The number of aryl methyl sites for hydroxylation is 2. The second-order valence-corrected chi connectivity index (χ2v) is 9.02. The van der Waals surface area contributed by atoms with Crippen molar-refractivity contribution in [2.24, 2.45) is 0 Å². The third-order valence-electron chi connectivity index (χ3n) is 5.66. The van der Waals surface area contributed by atoms with Crippen molar-refractivity contribution in [1.29, 1.82) is 0 Å². The summed E-state index contributed by atoms with van der Waals surface area (Å²) < 4.78 is 17.3. The van der Waals surface area contributed by atoms with Crippen molar-refractivity contribution in [2.75, 3.05) is 13.7 Å². The van der Waals surface area contributed by atoms with Gasteiger partial charge in [0, 0.05) is 29.1 Å². The van der Waals surface area contributed by atoms with Gasteiger partial charge in [-0.15, -0.1) is 0 Å². The summed E-state index contributed by atoms with van der Waals surface area (Å²) in [5.74, 6) is 0.444. The molecule has 0 aliphatic carbocycles. The topological polar surface area (TPSA) is 57.7 Å². The van der Waals surface area contributed by atoms with E-state index in [1.54, 1.807) is 0 Å². The van der Waals surface area contributed by atoms with E-state index < -0.39 is 17.7 Å². The van der Waals surface area contributed by atoms with Crippen LogP contribution in [0.3, 0.4) is 0 Å². The number of nitrogens with zero attached hydrogens (tertiary/aromatic N) is 1. The number of aromatic nitrogens is 1. The van der Waals surface area contributed by atoms with Crippen molar-refractivity contribution in [1.82, 2.24) is 4.98 Å². The molecule has 2 heterocycles. The van der Waals surface area contributed by atoms with Crippen LogP contribution in [0.25, 0.3) is 22.0 Å². The smallest absolute Gasteiger partial charge is 0.339 e. The van der Waals surface area contributed by atoms with Crippen LogP contribution in [0, 0.1) is 13.8 Å². The Labute approximate surface area is 183 Å². The SMILES string of the molecule is COC(=O)C(OC(C)(C)C)c1c(C)ccc(C)c1-c1ccc2c3c(ccnc13)CCO2. The first-order valence-electron chi connectivity index (χ1n) is 10.6. The maximum atomic E-state index is 12.9. The fourth-order valence-electron chi connectivity index (χ4n) is 4.32. The molecule has 0 saturated carbocycles. The number of benzene rings is 2. The third-order valence-corrected chi connectivity index (χ3v) is 5.66. The molecule has 5 nitrogen and oxygen atoms in total. The highest BCUT2D eigenvalue weighted by molar-refractivity contribution is 6.01. The molecule has 0 amide bonds. The lowest BCUT2D eigenvalue weighted by Crippen LogP contribution is -2.29. The molecule has 5 heteroatoms. The van der Waals surface area contributed by atoms with Gasteiger partial charge in [0.1, 0.15) is 5.75 Å². The number of carbonyl (C=O) groups is 1. The predicted molar refractivity (Wildman–Crippen MR) is 121 cm³/mol. The zero-order chi connectivity index (χ0) is 22.3. The van der Waals surface area contributed by atoms with E-state index in [2.05, 4.69) is 19.1 Å². The Bertz CT molecular complexity index is 1150. The van der Waals surface area contributed by atoms with Gasteiger partial charge in [0.15, 0.2) is 6.10 Å². The number of hydrogen-bond acceptors (Lipinski definition) is 5. The Hall–Kier alpha value is -2.92. The largest absolute Gasteiger partial charge is 0.493 e. The molecule has 2 aromatic carbocycles. The van der Waals surface area contributed by atoms with Crippen LogP contribution in [0.1, 0.15) is 49.1 Å². The van der Waals surface area contributed by atoms with Crippen LogP contribution in [-0.4, -0.2) is 30.3 Å². The Morgan fingerprint density at radius 2 is 1.84 bits per heavy atom. The number of esters is 1. The average Bonchev–Trinajstić information content (AvgIpc) is 2.73. The maximum absolute atomic E-state index is 12.9. The summed E-state index contributed by atoms with van der Waals surface area (Å²) in [6, 6.07) is 10.2. The van der Waals surface area contributed by atoms with Gasteiger partial charge in [0.25, 0.3) is 0 Å². The highest BCUT2D eigenvalue weighted by Gasteiger charge is 2.33. The van der Waals surface area contributed by atoms with Gasteiger partial charge in [-0.1, -0.05) is 12.1 Å². The molecule has 1 aliphatic rings. The molecule has 0 N–H and O–H groups in total. The van der Waals surface area contributed by atoms with Gasteiger partial charge in [-0.05, 0) is 75.1 Å². The highest BCUT2D eigenvalue weighted by atomic mass is 16.6. The van der Waals surface area contributed by atoms with Crippen LogP contribution in [-0.2, 0) is 20.7 Å². The summed E-state index contributed by atoms with van der Waals surface area (Å²) in [4.78, 5) is 17.6. The molecule has 1 aliphatic heterocycles. The van der Waals surface area contributed by atoms with Crippen molar-refractivity contribution in [3.05, 3.63) is 58.8 Å². The molecule has 0 spiro atoms. The molecule has 0 saturated heterocycles. The second kappa shape index (κ2) is 7.97. The molecule has 1 atom stereocenters. The zero-order valence-electron chi connectivity index (χ0n) is 19.0.